The first-order valence-corrected chi connectivity index (χ1v) is 6.21. The predicted octanol–water partition coefficient (Wildman–Crippen LogP) is 5.54. The van der Waals surface area contributed by atoms with Gasteiger partial charge in [0.25, 0.3) is 0 Å². The van der Waals surface area contributed by atoms with Crippen molar-refractivity contribution in [2.75, 3.05) is 0 Å². The molecule has 0 unspecified atom stereocenters. The van der Waals surface area contributed by atoms with Crippen molar-refractivity contribution in [2.45, 2.75) is 5.88 Å². The van der Waals surface area contributed by atoms with Crippen molar-refractivity contribution >= 4 is 34.8 Å². The zero-order valence-corrected chi connectivity index (χ0v) is 11.0. The van der Waals surface area contributed by atoms with E-state index in [-0.39, 0.29) is 11.7 Å². The number of hydrogen-bond donors (Lipinski definition) is 0. The van der Waals surface area contributed by atoms with Crippen LogP contribution in [-0.4, -0.2) is 0 Å². The Morgan fingerprint density at radius 1 is 1.00 bits per heavy atom. The molecule has 0 atom stereocenters. The van der Waals surface area contributed by atoms with Crippen LogP contribution < -0.4 is 0 Å². The Morgan fingerprint density at radius 2 is 1.65 bits per heavy atom. The maximum atomic E-state index is 13.3. The van der Waals surface area contributed by atoms with Crippen LogP contribution in [-0.2, 0) is 5.88 Å². The van der Waals surface area contributed by atoms with Gasteiger partial charge in [0.05, 0.1) is 5.88 Å². The SMILES string of the molecule is Fc1ccc(-c2c(Cl)cccc2Cl)cc1CCl. The van der Waals surface area contributed by atoms with Gasteiger partial charge in [-0.1, -0.05) is 35.3 Å². The molecule has 0 fully saturated rings. The molecule has 2 rings (SSSR count). The van der Waals surface area contributed by atoms with Gasteiger partial charge in [-0.15, -0.1) is 11.6 Å². The quantitative estimate of drug-likeness (QED) is 0.637. The first kappa shape index (κ1) is 12.7. The fourth-order valence-corrected chi connectivity index (χ4v) is 2.43. The second-order valence-electron chi connectivity index (χ2n) is 3.54. The Kier molecular flexibility index (Phi) is 3.93. The molecule has 0 saturated carbocycles. The average molecular weight is 290 g/mol. The summed E-state index contributed by atoms with van der Waals surface area (Å²) in [5.41, 5.74) is 1.89. The Hall–Kier alpha value is -0.760. The van der Waals surface area contributed by atoms with Crippen LogP contribution in [0, 0.1) is 5.82 Å². The van der Waals surface area contributed by atoms with E-state index in [0.29, 0.717) is 21.2 Å². The molecule has 0 spiro atoms. The lowest BCUT2D eigenvalue weighted by atomic mass is 10.0. The van der Waals surface area contributed by atoms with E-state index < -0.39 is 0 Å². The van der Waals surface area contributed by atoms with Gasteiger partial charge in [0.15, 0.2) is 0 Å². The summed E-state index contributed by atoms with van der Waals surface area (Å²) in [7, 11) is 0. The summed E-state index contributed by atoms with van der Waals surface area (Å²) in [6.45, 7) is 0. The molecule has 0 amide bonds. The number of halogens is 4. The van der Waals surface area contributed by atoms with Crippen molar-refractivity contribution in [1.29, 1.82) is 0 Å². The summed E-state index contributed by atoms with van der Waals surface area (Å²) in [5.74, 6) is -0.214. The monoisotopic (exact) mass is 288 g/mol. The van der Waals surface area contributed by atoms with Gasteiger partial charge in [0.1, 0.15) is 5.82 Å². The van der Waals surface area contributed by atoms with Crippen LogP contribution in [0.2, 0.25) is 10.0 Å². The molecule has 17 heavy (non-hydrogen) atoms. The minimum absolute atomic E-state index is 0.113. The van der Waals surface area contributed by atoms with Crippen molar-refractivity contribution in [3.8, 4) is 11.1 Å². The summed E-state index contributed by atoms with van der Waals surface area (Å²) in [5, 5.41) is 1.06. The molecule has 2 aromatic rings. The molecule has 0 N–H and O–H groups in total. The van der Waals surface area contributed by atoms with Gasteiger partial charge in [0, 0.05) is 21.2 Å². The predicted molar refractivity (Wildman–Crippen MR) is 71.4 cm³/mol. The normalized spacial score (nSPS) is 10.6. The molecule has 0 aliphatic rings. The van der Waals surface area contributed by atoms with E-state index in [1.165, 1.54) is 6.07 Å². The Balaban J connectivity index is 2.61. The number of benzene rings is 2. The molecule has 88 valence electrons. The fourth-order valence-electron chi connectivity index (χ4n) is 1.61. The van der Waals surface area contributed by atoms with Crippen molar-refractivity contribution in [3.05, 3.63) is 57.8 Å². The third kappa shape index (κ3) is 2.57. The summed E-state index contributed by atoms with van der Waals surface area (Å²) in [6.07, 6.45) is 0. The molecule has 2 aromatic carbocycles. The van der Waals surface area contributed by atoms with Crippen molar-refractivity contribution in [3.63, 3.8) is 0 Å². The topological polar surface area (TPSA) is 0 Å². The summed E-state index contributed by atoms with van der Waals surface area (Å²) < 4.78 is 13.3. The molecule has 0 aliphatic heterocycles. The van der Waals surface area contributed by atoms with Gasteiger partial charge < -0.3 is 0 Å². The summed E-state index contributed by atoms with van der Waals surface area (Å²) >= 11 is 17.8. The zero-order chi connectivity index (χ0) is 12.4. The fraction of sp³-hybridized carbons (Fsp3) is 0.0769. The number of rotatable bonds is 2. The van der Waals surface area contributed by atoms with Crippen molar-refractivity contribution in [2.24, 2.45) is 0 Å². The highest BCUT2D eigenvalue weighted by Crippen LogP contribution is 2.35. The lowest BCUT2D eigenvalue weighted by Gasteiger charge is -2.08. The molecular weight excluding hydrogens is 282 g/mol. The van der Waals surface area contributed by atoms with E-state index in [2.05, 4.69) is 0 Å². The molecule has 0 radical (unpaired) electrons. The van der Waals surface area contributed by atoms with Crippen molar-refractivity contribution in [1.82, 2.24) is 0 Å². The van der Waals surface area contributed by atoms with Gasteiger partial charge in [-0.25, -0.2) is 4.39 Å². The van der Waals surface area contributed by atoms with Gasteiger partial charge in [0.2, 0.25) is 0 Å². The lowest BCUT2D eigenvalue weighted by Crippen LogP contribution is -1.89. The largest absolute Gasteiger partial charge is 0.207 e. The molecule has 0 heterocycles. The van der Waals surface area contributed by atoms with Gasteiger partial charge in [-0.3, -0.25) is 0 Å². The molecule has 0 bridgehead atoms. The lowest BCUT2D eigenvalue weighted by molar-refractivity contribution is 0.617. The average Bonchev–Trinajstić information content (AvgIpc) is 2.31. The highest BCUT2D eigenvalue weighted by Gasteiger charge is 2.10. The Bertz CT molecular complexity index is 532. The maximum absolute atomic E-state index is 13.3. The van der Waals surface area contributed by atoms with E-state index in [4.69, 9.17) is 34.8 Å². The first-order chi connectivity index (χ1) is 8.13. The third-order valence-electron chi connectivity index (χ3n) is 2.44. The van der Waals surface area contributed by atoms with Crippen LogP contribution >= 0.6 is 34.8 Å². The second-order valence-corrected chi connectivity index (χ2v) is 4.62. The maximum Gasteiger partial charge on any atom is 0.127 e. The molecule has 4 heteroatoms. The number of alkyl halides is 1. The van der Waals surface area contributed by atoms with Gasteiger partial charge in [-0.2, -0.15) is 0 Å². The van der Waals surface area contributed by atoms with Crippen LogP contribution in [0.5, 0.6) is 0 Å². The van der Waals surface area contributed by atoms with Gasteiger partial charge in [-0.05, 0) is 29.8 Å². The minimum Gasteiger partial charge on any atom is -0.207 e. The van der Waals surface area contributed by atoms with Crippen molar-refractivity contribution < 1.29 is 4.39 Å². The summed E-state index contributed by atoms with van der Waals surface area (Å²) in [4.78, 5) is 0. The highest BCUT2D eigenvalue weighted by atomic mass is 35.5. The van der Waals surface area contributed by atoms with E-state index in [9.17, 15) is 4.39 Å². The molecule has 0 aromatic heterocycles. The smallest absolute Gasteiger partial charge is 0.127 e. The van der Waals surface area contributed by atoms with Gasteiger partial charge >= 0.3 is 0 Å². The highest BCUT2D eigenvalue weighted by molar-refractivity contribution is 6.39. The van der Waals surface area contributed by atoms with E-state index in [0.717, 1.165) is 5.56 Å². The molecule has 0 saturated heterocycles. The third-order valence-corrected chi connectivity index (χ3v) is 3.36. The first-order valence-electron chi connectivity index (χ1n) is 4.92. The second kappa shape index (κ2) is 5.26. The van der Waals surface area contributed by atoms with Crippen LogP contribution in [0.3, 0.4) is 0 Å². The number of hydrogen-bond acceptors (Lipinski definition) is 0. The molecular formula is C13H8Cl3F. The Morgan fingerprint density at radius 3 is 2.24 bits per heavy atom. The van der Waals surface area contributed by atoms with Crippen LogP contribution in [0.1, 0.15) is 5.56 Å². The van der Waals surface area contributed by atoms with Crippen LogP contribution in [0.15, 0.2) is 36.4 Å². The standard InChI is InChI=1S/C13H8Cl3F/c14-7-9-6-8(4-5-12(9)17)13-10(15)2-1-3-11(13)16/h1-6H,7H2. The summed E-state index contributed by atoms with van der Waals surface area (Å²) in [6, 6.07) is 9.92. The molecule has 0 nitrogen and oxygen atoms in total. The minimum atomic E-state index is -0.327. The van der Waals surface area contributed by atoms with Crippen LogP contribution in [0.25, 0.3) is 11.1 Å². The van der Waals surface area contributed by atoms with E-state index >= 15 is 0 Å². The molecule has 0 aliphatic carbocycles. The zero-order valence-electron chi connectivity index (χ0n) is 8.68. The van der Waals surface area contributed by atoms with Crippen LogP contribution in [0.4, 0.5) is 4.39 Å². The Labute approximate surface area is 114 Å². The van der Waals surface area contributed by atoms with E-state index in [1.807, 2.05) is 0 Å². The van der Waals surface area contributed by atoms with E-state index in [1.54, 1.807) is 30.3 Å².